The van der Waals surface area contributed by atoms with E-state index in [4.69, 9.17) is 4.84 Å². The highest BCUT2D eigenvalue weighted by Crippen LogP contribution is 2.73. The molecule has 4 bridgehead atoms. The first-order valence-electron chi connectivity index (χ1n) is 8.96. The van der Waals surface area contributed by atoms with E-state index in [2.05, 4.69) is 45.9 Å². The summed E-state index contributed by atoms with van der Waals surface area (Å²) in [7, 11) is 2.24. The molecule has 1 spiro atoms. The molecule has 0 aromatic carbocycles. The van der Waals surface area contributed by atoms with Gasteiger partial charge in [-0.2, -0.15) is 5.06 Å². The molecule has 2 nitrogen and oxygen atoms in total. The van der Waals surface area contributed by atoms with Crippen LogP contribution in [-0.4, -0.2) is 23.8 Å². The van der Waals surface area contributed by atoms with Crippen LogP contribution >= 0.6 is 0 Å². The smallest absolute Gasteiger partial charge is 0.0904 e. The van der Waals surface area contributed by atoms with Crippen LogP contribution in [0.1, 0.15) is 66.2 Å². The van der Waals surface area contributed by atoms with Crippen molar-refractivity contribution in [2.24, 2.45) is 22.7 Å². The topological polar surface area (TPSA) is 12.5 Å². The fourth-order valence-electron chi connectivity index (χ4n) is 7.25. The first kappa shape index (κ1) is 14.3. The molecule has 118 valence electrons. The van der Waals surface area contributed by atoms with Gasteiger partial charge >= 0.3 is 0 Å². The molecule has 0 N–H and O–H groups in total. The van der Waals surface area contributed by atoms with E-state index in [0.717, 1.165) is 12.3 Å². The Morgan fingerprint density at radius 2 is 2.00 bits per heavy atom. The summed E-state index contributed by atoms with van der Waals surface area (Å²) in [5, 5.41) is 2.35. The highest BCUT2D eigenvalue weighted by atomic mass is 16.7. The van der Waals surface area contributed by atoms with Gasteiger partial charge in [-0.25, -0.2) is 0 Å². The van der Waals surface area contributed by atoms with Gasteiger partial charge in [0.05, 0.1) is 11.6 Å². The van der Waals surface area contributed by atoms with E-state index in [9.17, 15) is 0 Å². The molecular formula is C19H31NO. The van der Waals surface area contributed by atoms with Crippen molar-refractivity contribution in [3.05, 3.63) is 11.6 Å². The zero-order chi connectivity index (χ0) is 15.0. The molecule has 1 saturated heterocycles. The Morgan fingerprint density at radius 3 is 2.76 bits per heavy atom. The lowest BCUT2D eigenvalue weighted by Crippen LogP contribution is -2.67. The maximum absolute atomic E-state index is 6.54. The minimum atomic E-state index is 0.263. The van der Waals surface area contributed by atoms with Gasteiger partial charge in [0.1, 0.15) is 0 Å². The second kappa shape index (κ2) is 4.14. The fraction of sp³-hybridized carbons (Fsp3) is 0.895. The van der Waals surface area contributed by atoms with Crippen molar-refractivity contribution in [3.8, 4) is 0 Å². The average molecular weight is 289 g/mol. The molecule has 3 aliphatic carbocycles. The summed E-state index contributed by atoms with van der Waals surface area (Å²) in [6.07, 6.45) is 10.9. The molecule has 0 aromatic heterocycles. The van der Waals surface area contributed by atoms with Gasteiger partial charge in [-0.1, -0.05) is 38.8 Å². The van der Waals surface area contributed by atoms with E-state index in [1.54, 1.807) is 5.57 Å². The summed E-state index contributed by atoms with van der Waals surface area (Å²) < 4.78 is 0. The molecule has 6 atom stereocenters. The Hall–Kier alpha value is -0.340. The maximum Gasteiger partial charge on any atom is 0.0904 e. The van der Waals surface area contributed by atoms with Crippen molar-refractivity contribution >= 4 is 0 Å². The van der Waals surface area contributed by atoms with Crippen LogP contribution in [0.25, 0.3) is 0 Å². The summed E-state index contributed by atoms with van der Waals surface area (Å²) in [4.78, 5) is 6.54. The third kappa shape index (κ3) is 1.34. The fourth-order valence-corrected chi connectivity index (χ4v) is 7.25. The molecule has 3 fully saturated rings. The molecule has 4 rings (SSSR count). The molecule has 0 radical (unpaired) electrons. The minimum Gasteiger partial charge on any atom is -0.294 e. The Bertz CT molecular complexity index is 500. The SMILES string of the molecule is CC1=C[C@H](C)C23CCC[C@]24N(C)O[C@H](C1)C4(C)C(C)CC3. The highest BCUT2D eigenvalue weighted by molar-refractivity contribution is 5.29. The van der Waals surface area contributed by atoms with Crippen LogP contribution in [0.15, 0.2) is 11.6 Å². The molecule has 3 unspecified atom stereocenters. The summed E-state index contributed by atoms with van der Waals surface area (Å²) in [6.45, 7) is 9.86. The quantitative estimate of drug-likeness (QED) is 0.606. The van der Waals surface area contributed by atoms with Crippen LogP contribution in [0.5, 0.6) is 0 Å². The van der Waals surface area contributed by atoms with E-state index >= 15 is 0 Å². The van der Waals surface area contributed by atoms with E-state index < -0.39 is 0 Å². The molecule has 0 amide bonds. The van der Waals surface area contributed by atoms with Gasteiger partial charge in [-0.3, -0.25) is 4.84 Å². The standard InChI is InChI=1S/C19H31NO/c1-13-11-15(3)18-8-6-9-19(18)17(4,14(2)7-10-18)16(12-13)21-20(19)5/h11,14-16H,6-10,12H2,1-5H3/t14?,15-,16+,17?,18?,19+/m0/s1. The first-order valence-corrected chi connectivity index (χ1v) is 8.96. The molecule has 4 aliphatic rings. The van der Waals surface area contributed by atoms with Crippen LogP contribution in [0, 0.1) is 22.7 Å². The molecule has 21 heavy (non-hydrogen) atoms. The van der Waals surface area contributed by atoms with E-state index in [1.165, 1.54) is 32.1 Å². The lowest BCUT2D eigenvalue weighted by Gasteiger charge is -2.63. The van der Waals surface area contributed by atoms with Crippen LogP contribution in [0.3, 0.4) is 0 Å². The number of hydroxylamine groups is 2. The second-order valence-corrected chi connectivity index (χ2v) is 8.69. The van der Waals surface area contributed by atoms with Crippen molar-refractivity contribution in [1.29, 1.82) is 0 Å². The van der Waals surface area contributed by atoms with E-state index in [1.807, 2.05) is 0 Å². The zero-order valence-electron chi connectivity index (χ0n) is 14.4. The lowest BCUT2D eigenvalue weighted by atomic mass is 9.43. The Balaban J connectivity index is 2.01. The third-order valence-corrected chi connectivity index (χ3v) is 8.33. The van der Waals surface area contributed by atoms with Gasteiger partial charge in [0, 0.05) is 12.5 Å². The maximum atomic E-state index is 6.54. The molecule has 2 heteroatoms. The zero-order valence-corrected chi connectivity index (χ0v) is 14.4. The van der Waals surface area contributed by atoms with Gasteiger partial charge in [0.15, 0.2) is 0 Å². The Morgan fingerprint density at radius 1 is 1.24 bits per heavy atom. The highest BCUT2D eigenvalue weighted by Gasteiger charge is 2.75. The van der Waals surface area contributed by atoms with Crippen LogP contribution in [-0.2, 0) is 4.84 Å². The van der Waals surface area contributed by atoms with E-state index in [-0.39, 0.29) is 5.54 Å². The third-order valence-electron chi connectivity index (χ3n) is 8.33. The van der Waals surface area contributed by atoms with E-state index in [0.29, 0.717) is 22.9 Å². The van der Waals surface area contributed by atoms with Gasteiger partial charge in [0.25, 0.3) is 0 Å². The second-order valence-electron chi connectivity index (χ2n) is 8.69. The summed E-state index contributed by atoms with van der Waals surface area (Å²) in [6, 6.07) is 0. The summed E-state index contributed by atoms with van der Waals surface area (Å²) in [5.74, 6) is 1.44. The number of hydrogen-bond acceptors (Lipinski definition) is 2. The van der Waals surface area contributed by atoms with Crippen molar-refractivity contribution in [2.75, 3.05) is 7.05 Å². The number of allylic oxidation sites excluding steroid dienone is 1. The predicted molar refractivity (Wildman–Crippen MR) is 85.7 cm³/mol. The molecule has 0 aromatic rings. The predicted octanol–water partition coefficient (Wildman–Crippen LogP) is 4.56. The van der Waals surface area contributed by atoms with Crippen molar-refractivity contribution in [1.82, 2.24) is 5.06 Å². The molecular weight excluding hydrogens is 258 g/mol. The number of nitrogens with zero attached hydrogens (tertiary/aromatic N) is 1. The van der Waals surface area contributed by atoms with Gasteiger partial charge < -0.3 is 0 Å². The monoisotopic (exact) mass is 289 g/mol. The van der Waals surface area contributed by atoms with Crippen LogP contribution in [0.4, 0.5) is 0 Å². The van der Waals surface area contributed by atoms with Crippen LogP contribution < -0.4 is 0 Å². The minimum absolute atomic E-state index is 0.263. The average Bonchev–Trinajstić information content (AvgIpc) is 2.92. The molecule has 1 heterocycles. The number of rotatable bonds is 0. The normalized spacial score (nSPS) is 56.6. The summed E-state index contributed by atoms with van der Waals surface area (Å²) >= 11 is 0. The van der Waals surface area contributed by atoms with Gasteiger partial charge in [-0.15, -0.1) is 0 Å². The van der Waals surface area contributed by atoms with Crippen molar-refractivity contribution in [3.63, 3.8) is 0 Å². The molecule has 2 saturated carbocycles. The van der Waals surface area contributed by atoms with Crippen molar-refractivity contribution < 1.29 is 4.84 Å². The Labute approximate surface area is 129 Å². The Kier molecular flexibility index (Phi) is 2.81. The summed E-state index contributed by atoms with van der Waals surface area (Å²) in [5.41, 5.74) is 2.54. The lowest BCUT2D eigenvalue weighted by molar-refractivity contribution is -0.205. The number of hydrogen-bond donors (Lipinski definition) is 0. The van der Waals surface area contributed by atoms with Gasteiger partial charge in [0.2, 0.25) is 0 Å². The van der Waals surface area contributed by atoms with Gasteiger partial charge in [-0.05, 0) is 56.3 Å². The van der Waals surface area contributed by atoms with Crippen LogP contribution in [0.2, 0.25) is 0 Å². The van der Waals surface area contributed by atoms with Crippen molar-refractivity contribution in [2.45, 2.75) is 77.9 Å². The first-order chi connectivity index (χ1) is 9.88. The largest absolute Gasteiger partial charge is 0.294 e. The molecule has 1 aliphatic heterocycles.